The lowest BCUT2D eigenvalue weighted by molar-refractivity contribution is -0.147. The van der Waals surface area contributed by atoms with Crippen molar-refractivity contribution in [1.29, 1.82) is 0 Å². The molecule has 0 fully saturated rings. The number of carbonyl (C=O) groups excluding carboxylic acids is 1. The van der Waals surface area contributed by atoms with Gasteiger partial charge in [-0.25, -0.2) is 0 Å². The molecule has 0 spiro atoms. The fourth-order valence-electron chi connectivity index (χ4n) is 2.55. The normalized spacial score (nSPS) is 13.7. The first-order valence-electron chi connectivity index (χ1n) is 9.42. The molecule has 0 rings (SSSR count). The Bertz CT molecular complexity index is 333. The zero-order valence-corrected chi connectivity index (χ0v) is 19.0. The third kappa shape index (κ3) is 10.2. The van der Waals surface area contributed by atoms with Crippen molar-refractivity contribution in [2.45, 2.75) is 77.2 Å². The molecule has 0 aliphatic carbocycles. The van der Waals surface area contributed by atoms with Gasteiger partial charge in [0.05, 0.1) is 0 Å². The molecule has 0 saturated carbocycles. The fraction of sp³-hybridized carbons (Fsp3) is 0.944. The summed E-state index contributed by atoms with van der Waals surface area (Å²) in [7, 11) is 6.96. The molecule has 0 aromatic heterocycles. The maximum Gasteiger partial charge on any atom is 0.188 e. The van der Waals surface area contributed by atoms with Crippen LogP contribution in [0.5, 0.6) is 0 Å². The topological polar surface area (TPSA) is 32.8 Å². The molecule has 0 aliphatic rings. The minimum Gasteiger partial charge on any atom is -0.391 e. The summed E-state index contributed by atoms with van der Waals surface area (Å²) in [6.07, 6.45) is 7.91. The summed E-state index contributed by atoms with van der Waals surface area (Å²) in [5.41, 5.74) is 0. The summed E-state index contributed by atoms with van der Waals surface area (Å²) in [5.74, 6) is 0.599. The van der Waals surface area contributed by atoms with Crippen LogP contribution < -0.4 is 0 Å². The molecule has 0 aromatic rings. The molecule has 0 aliphatic heterocycles. The average Bonchev–Trinajstić information content (AvgIpc) is 2.50. The summed E-state index contributed by atoms with van der Waals surface area (Å²) < 4.78 is 6.37. The maximum absolute atomic E-state index is 11.9. The van der Waals surface area contributed by atoms with E-state index in [4.69, 9.17) is 4.43 Å². The number of nitrogens with zero attached hydrogens (tertiary/aromatic N) is 2. The van der Waals surface area contributed by atoms with Crippen LogP contribution in [0.15, 0.2) is 0 Å². The first-order chi connectivity index (χ1) is 11.2. The van der Waals surface area contributed by atoms with Gasteiger partial charge in [-0.2, -0.15) is 0 Å². The molecule has 0 aromatic carbocycles. The van der Waals surface area contributed by atoms with Crippen LogP contribution in [-0.2, 0) is 9.22 Å². The highest BCUT2D eigenvalue weighted by molar-refractivity contribution is 8.13. The minimum atomic E-state index is -1.25. The lowest BCUT2D eigenvalue weighted by atomic mass is 10.1. The number of thioether (sulfide) groups is 1. The van der Waals surface area contributed by atoms with E-state index in [0.717, 1.165) is 31.1 Å². The van der Waals surface area contributed by atoms with Crippen molar-refractivity contribution in [3.63, 3.8) is 0 Å². The van der Waals surface area contributed by atoms with Gasteiger partial charge in [0.25, 0.3) is 0 Å². The van der Waals surface area contributed by atoms with Gasteiger partial charge < -0.3 is 4.43 Å². The number of unbranched alkanes of at least 4 members (excludes halogenated alkanes) is 4. The molecule has 0 N–H and O–H groups in total. The van der Waals surface area contributed by atoms with Gasteiger partial charge >= 0.3 is 0 Å². The highest BCUT2D eigenvalue weighted by Crippen LogP contribution is 2.20. The van der Waals surface area contributed by atoms with Crippen molar-refractivity contribution in [3.05, 3.63) is 0 Å². The van der Waals surface area contributed by atoms with Gasteiger partial charge in [-0.05, 0) is 60.5 Å². The Hall–Kier alpha value is 0.117. The Kier molecular flexibility index (Phi) is 13.4. The van der Waals surface area contributed by atoms with Crippen LogP contribution in [0.4, 0.5) is 0 Å². The smallest absolute Gasteiger partial charge is 0.188 e. The molecule has 0 heterocycles. The van der Waals surface area contributed by atoms with Crippen molar-refractivity contribution in [2.75, 3.05) is 33.9 Å². The van der Waals surface area contributed by atoms with E-state index >= 15 is 0 Å². The van der Waals surface area contributed by atoms with Crippen LogP contribution in [0.1, 0.15) is 58.8 Å². The zero-order valence-electron chi connectivity index (χ0n) is 17.1. The summed E-state index contributed by atoms with van der Waals surface area (Å²) in [5, 5.41) is 0.369. The van der Waals surface area contributed by atoms with Crippen LogP contribution in [0.3, 0.4) is 0 Å². The van der Waals surface area contributed by atoms with Crippen molar-refractivity contribution in [3.8, 4) is 0 Å². The van der Waals surface area contributed by atoms with Gasteiger partial charge in [-0.15, -0.1) is 0 Å². The van der Waals surface area contributed by atoms with E-state index in [0.29, 0.717) is 5.12 Å². The van der Waals surface area contributed by atoms with E-state index in [9.17, 15) is 4.79 Å². The van der Waals surface area contributed by atoms with Crippen LogP contribution >= 0.6 is 11.8 Å². The van der Waals surface area contributed by atoms with E-state index in [1.54, 1.807) is 0 Å². The Morgan fingerprint density at radius 3 is 2.17 bits per heavy atom. The standard InChI is InChI=1S/C18H40N2O2SSi/c1-8-9-10-11-12-14-17(21)23-15-13-16-24(7)22-18(2,19(3)4)20(5)6/h24H,8-16H2,1-7H3. The van der Waals surface area contributed by atoms with Crippen LogP contribution in [0, 0.1) is 0 Å². The first kappa shape index (κ1) is 24.1. The molecule has 24 heavy (non-hydrogen) atoms. The average molecular weight is 377 g/mol. The van der Waals surface area contributed by atoms with Gasteiger partial charge in [0, 0.05) is 12.2 Å². The largest absolute Gasteiger partial charge is 0.391 e. The van der Waals surface area contributed by atoms with Crippen molar-refractivity contribution in [2.24, 2.45) is 0 Å². The Morgan fingerprint density at radius 2 is 1.62 bits per heavy atom. The van der Waals surface area contributed by atoms with Crippen molar-refractivity contribution >= 4 is 25.9 Å². The van der Waals surface area contributed by atoms with Gasteiger partial charge in [0.15, 0.2) is 20.0 Å². The molecule has 0 radical (unpaired) electrons. The Labute approximate surface area is 156 Å². The summed E-state index contributed by atoms with van der Waals surface area (Å²) in [6, 6.07) is 1.12. The highest BCUT2D eigenvalue weighted by atomic mass is 32.2. The lowest BCUT2D eigenvalue weighted by Gasteiger charge is -2.43. The SMILES string of the molecule is CCCCCCCC(=O)SCCC[SiH](C)OC(C)(N(C)C)N(C)C. The lowest BCUT2D eigenvalue weighted by Crippen LogP contribution is -2.56. The monoisotopic (exact) mass is 376 g/mol. The van der Waals surface area contributed by atoms with Crippen LogP contribution in [-0.4, -0.2) is 63.7 Å². The van der Waals surface area contributed by atoms with Crippen LogP contribution in [0.25, 0.3) is 0 Å². The highest BCUT2D eigenvalue weighted by Gasteiger charge is 2.32. The predicted octanol–water partition coefficient (Wildman–Crippen LogP) is 4.16. The second-order valence-corrected chi connectivity index (χ2v) is 10.8. The Morgan fingerprint density at radius 1 is 1.04 bits per heavy atom. The number of hydrogen-bond acceptors (Lipinski definition) is 5. The quantitative estimate of drug-likeness (QED) is 0.258. The summed E-state index contributed by atoms with van der Waals surface area (Å²) >= 11 is 1.52. The first-order valence-corrected chi connectivity index (χ1v) is 12.8. The van der Waals surface area contributed by atoms with E-state index < -0.39 is 9.04 Å². The van der Waals surface area contributed by atoms with Crippen molar-refractivity contribution < 1.29 is 9.22 Å². The summed E-state index contributed by atoms with van der Waals surface area (Å²) in [4.78, 5) is 16.1. The number of rotatable bonds is 14. The molecule has 0 amide bonds. The van der Waals surface area contributed by atoms with E-state index in [2.05, 4.69) is 58.4 Å². The van der Waals surface area contributed by atoms with E-state index in [1.165, 1.54) is 37.4 Å². The van der Waals surface area contributed by atoms with E-state index in [1.807, 2.05) is 0 Å². The molecule has 0 saturated heterocycles. The molecule has 1 atom stereocenters. The zero-order chi connectivity index (χ0) is 18.6. The van der Waals surface area contributed by atoms with Gasteiger partial charge in [0.1, 0.15) is 0 Å². The third-order valence-electron chi connectivity index (χ3n) is 4.59. The minimum absolute atomic E-state index is 0.340. The molecule has 144 valence electrons. The molecule has 0 bridgehead atoms. The van der Waals surface area contributed by atoms with Gasteiger partial charge in [0.2, 0.25) is 0 Å². The molecule has 4 nitrogen and oxygen atoms in total. The van der Waals surface area contributed by atoms with Crippen molar-refractivity contribution in [1.82, 2.24) is 9.80 Å². The summed E-state index contributed by atoms with van der Waals surface area (Å²) in [6.45, 7) is 6.59. The predicted molar refractivity (Wildman–Crippen MR) is 110 cm³/mol. The maximum atomic E-state index is 11.9. The molecular formula is C18H40N2O2SSi. The number of hydrogen-bond donors (Lipinski definition) is 0. The molecule has 1 unspecified atom stereocenters. The fourth-order valence-corrected chi connectivity index (χ4v) is 5.76. The third-order valence-corrected chi connectivity index (χ3v) is 7.68. The second kappa shape index (κ2) is 13.3. The van der Waals surface area contributed by atoms with Gasteiger partial charge in [-0.1, -0.05) is 44.4 Å². The van der Waals surface area contributed by atoms with Crippen LogP contribution in [0.2, 0.25) is 12.6 Å². The van der Waals surface area contributed by atoms with Gasteiger partial charge in [-0.3, -0.25) is 14.6 Å². The van der Waals surface area contributed by atoms with E-state index in [-0.39, 0.29) is 5.85 Å². The Balaban J connectivity index is 3.85. The second-order valence-electron chi connectivity index (χ2n) is 7.18. The molecule has 6 heteroatoms. The number of carbonyl (C=O) groups is 1. The molecular weight excluding hydrogens is 336 g/mol.